The van der Waals surface area contributed by atoms with Gasteiger partial charge in [0, 0.05) is 37.0 Å². The molecule has 190 valence electrons. The molecule has 11 heteroatoms. The van der Waals surface area contributed by atoms with Crippen LogP contribution in [-0.4, -0.2) is 74.2 Å². The van der Waals surface area contributed by atoms with Crippen LogP contribution in [0.1, 0.15) is 38.8 Å². The van der Waals surface area contributed by atoms with Gasteiger partial charge in [0.2, 0.25) is 0 Å². The number of urea groups is 1. The van der Waals surface area contributed by atoms with E-state index in [0.29, 0.717) is 62.2 Å². The van der Waals surface area contributed by atoms with E-state index in [-0.39, 0.29) is 30.9 Å². The highest BCUT2D eigenvalue weighted by molar-refractivity contribution is 7.92. The number of aliphatic hydroxyl groups is 1. The number of sulfone groups is 1. The number of rotatable bonds is 9. The fraction of sp³-hybridized carbons (Fsp3) is 0.542. The summed E-state index contributed by atoms with van der Waals surface area (Å²) in [6.07, 6.45) is 1.21. The Balaban J connectivity index is 1.72. The maximum atomic E-state index is 13.2. The summed E-state index contributed by atoms with van der Waals surface area (Å²) in [4.78, 5) is 23.5. The molecule has 2 fully saturated rings. The molecule has 35 heavy (non-hydrogen) atoms. The molecule has 1 saturated heterocycles. The Hall–Kier alpha value is -2.76. The molecule has 0 spiro atoms. The first kappa shape index (κ1) is 25.3. The number of hydrogen-bond donors (Lipinski definition) is 3. The van der Waals surface area contributed by atoms with E-state index in [1.54, 1.807) is 18.2 Å². The molecular formula is C24H33N5O5S. The maximum Gasteiger partial charge on any atom is 0.319 e. The Kier molecular flexibility index (Phi) is 7.58. The van der Waals surface area contributed by atoms with E-state index in [9.17, 15) is 18.3 Å². The fourth-order valence-electron chi connectivity index (χ4n) is 4.34. The average Bonchev–Trinajstić information content (AvgIpc) is 3.66. The zero-order valence-electron chi connectivity index (χ0n) is 20.2. The van der Waals surface area contributed by atoms with Crippen LogP contribution in [0.4, 0.5) is 16.3 Å². The summed E-state index contributed by atoms with van der Waals surface area (Å²) in [5, 5.41) is 14.6. The summed E-state index contributed by atoms with van der Waals surface area (Å²) in [6.45, 7) is 6.03. The Bertz CT molecular complexity index is 1150. The molecule has 0 radical (unpaired) electrons. The molecule has 1 aliphatic heterocycles. The molecule has 0 bridgehead atoms. The number of nitrogens with one attached hydrogen (secondary N) is 2. The first-order valence-electron chi connectivity index (χ1n) is 12.0. The van der Waals surface area contributed by atoms with Crippen LogP contribution in [0.25, 0.3) is 11.4 Å². The number of nitrogens with zero attached hydrogens (tertiary/aromatic N) is 3. The average molecular weight is 504 g/mol. The first-order chi connectivity index (χ1) is 16.8. The summed E-state index contributed by atoms with van der Waals surface area (Å²) < 4.78 is 31.0. The summed E-state index contributed by atoms with van der Waals surface area (Å²) in [6, 6.07) is 8.76. The van der Waals surface area contributed by atoms with Crippen molar-refractivity contribution in [3.8, 4) is 11.4 Å². The van der Waals surface area contributed by atoms with Crippen LogP contribution >= 0.6 is 0 Å². The lowest BCUT2D eigenvalue weighted by Crippen LogP contribution is -2.44. The molecule has 2 heterocycles. The van der Waals surface area contributed by atoms with Crippen LogP contribution < -0.4 is 15.5 Å². The van der Waals surface area contributed by atoms with Crippen molar-refractivity contribution in [2.45, 2.75) is 43.9 Å². The quantitative estimate of drug-likeness (QED) is 0.475. The molecule has 2 amide bonds. The second kappa shape index (κ2) is 10.5. The SMILES string of the molecule is CCNC(=O)Nc1ccc(-c2nc(N3CCOC[C@@H]3C)cc(C3(S(=O)(=O)CCCO)CC3)n2)cc1. The van der Waals surface area contributed by atoms with Gasteiger partial charge in [-0.1, -0.05) is 0 Å². The van der Waals surface area contributed by atoms with Gasteiger partial charge in [-0.3, -0.25) is 0 Å². The molecule has 1 aromatic heterocycles. The van der Waals surface area contributed by atoms with Crippen molar-refractivity contribution in [1.29, 1.82) is 0 Å². The second-order valence-corrected chi connectivity index (χ2v) is 11.4. The van der Waals surface area contributed by atoms with Gasteiger partial charge in [-0.15, -0.1) is 0 Å². The van der Waals surface area contributed by atoms with E-state index in [1.165, 1.54) is 0 Å². The number of carbonyl (C=O) groups excluding carboxylic acids is 1. The minimum atomic E-state index is -3.50. The third-order valence-corrected chi connectivity index (χ3v) is 9.08. The fourth-order valence-corrected chi connectivity index (χ4v) is 6.39. The van der Waals surface area contributed by atoms with Gasteiger partial charge in [-0.05, 0) is 57.4 Å². The molecule has 4 rings (SSSR count). The van der Waals surface area contributed by atoms with E-state index in [4.69, 9.17) is 14.7 Å². The highest BCUT2D eigenvalue weighted by Gasteiger charge is 2.56. The van der Waals surface area contributed by atoms with Crippen molar-refractivity contribution in [1.82, 2.24) is 15.3 Å². The molecule has 10 nitrogen and oxygen atoms in total. The lowest BCUT2D eigenvalue weighted by molar-refractivity contribution is 0.0985. The van der Waals surface area contributed by atoms with Crippen LogP contribution in [-0.2, 0) is 19.3 Å². The highest BCUT2D eigenvalue weighted by Crippen LogP contribution is 2.53. The van der Waals surface area contributed by atoms with E-state index >= 15 is 0 Å². The Morgan fingerprint density at radius 3 is 2.63 bits per heavy atom. The number of anilines is 2. The van der Waals surface area contributed by atoms with Gasteiger partial charge in [0.15, 0.2) is 15.7 Å². The van der Waals surface area contributed by atoms with Gasteiger partial charge in [-0.25, -0.2) is 23.2 Å². The van der Waals surface area contributed by atoms with E-state index in [0.717, 1.165) is 5.56 Å². The Labute approximate surface area is 206 Å². The van der Waals surface area contributed by atoms with Crippen LogP contribution in [0.5, 0.6) is 0 Å². The molecule has 1 aromatic carbocycles. The zero-order valence-corrected chi connectivity index (χ0v) is 21.0. The summed E-state index contributed by atoms with van der Waals surface area (Å²) in [5.41, 5.74) is 1.85. The Morgan fingerprint density at radius 2 is 2.00 bits per heavy atom. The van der Waals surface area contributed by atoms with Gasteiger partial charge in [0.1, 0.15) is 10.6 Å². The number of aliphatic hydroxyl groups excluding tert-OH is 1. The predicted molar refractivity (Wildman–Crippen MR) is 134 cm³/mol. The second-order valence-electron chi connectivity index (χ2n) is 9.00. The Morgan fingerprint density at radius 1 is 1.26 bits per heavy atom. The normalized spacial score (nSPS) is 19.3. The van der Waals surface area contributed by atoms with Crippen molar-refractivity contribution < 1.29 is 23.1 Å². The molecule has 2 aromatic rings. The minimum absolute atomic E-state index is 0.0771. The number of hydrogen-bond acceptors (Lipinski definition) is 8. The van der Waals surface area contributed by atoms with Crippen LogP contribution in [0.2, 0.25) is 0 Å². The van der Waals surface area contributed by atoms with Crippen molar-refractivity contribution in [3.63, 3.8) is 0 Å². The summed E-state index contributed by atoms with van der Waals surface area (Å²) >= 11 is 0. The van der Waals surface area contributed by atoms with Crippen molar-refractivity contribution in [2.75, 3.05) is 48.9 Å². The maximum absolute atomic E-state index is 13.2. The largest absolute Gasteiger partial charge is 0.396 e. The van der Waals surface area contributed by atoms with Gasteiger partial charge < -0.3 is 25.4 Å². The number of benzene rings is 1. The molecule has 1 saturated carbocycles. The predicted octanol–water partition coefficient (Wildman–Crippen LogP) is 2.30. The summed E-state index contributed by atoms with van der Waals surface area (Å²) in [7, 11) is -3.50. The molecule has 1 aliphatic carbocycles. The highest BCUT2D eigenvalue weighted by atomic mass is 32.2. The van der Waals surface area contributed by atoms with Gasteiger partial charge in [0.05, 0.1) is 30.7 Å². The van der Waals surface area contributed by atoms with Gasteiger partial charge >= 0.3 is 6.03 Å². The zero-order chi connectivity index (χ0) is 25.1. The molecule has 3 N–H and O–H groups in total. The minimum Gasteiger partial charge on any atom is -0.396 e. The monoisotopic (exact) mass is 503 g/mol. The molecule has 2 aliphatic rings. The van der Waals surface area contributed by atoms with Crippen LogP contribution in [0.15, 0.2) is 30.3 Å². The van der Waals surface area contributed by atoms with E-state index in [2.05, 4.69) is 15.5 Å². The molecule has 0 unspecified atom stereocenters. The number of carbonyl (C=O) groups is 1. The topological polar surface area (TPSA) is 134 Å². The first-order valence-corrected chi connectivity index (χ1v) is 13.7. The van der Waals surface area contributed by atoms with E-state index < -0.39 is 14.6 Å². The van der Waals surface area contributed by atoms with Crippen LogP contribution in [0.3, 0.4) is 0 Å². The molecular weight excluding hydrogens is 470 g/mol. The number of amides is 2. The standard InChI is InChI=1S/C24H33N5O5S/c1-3-25-23(31)26-19-7-5-18(6-8-19)22-27-20(24(9-10-24)35(32,33)14-4-12-30)15-21(28-22)29-11-13-34-16-17(29)2/h5-8,15,17,30H,3-4,9-14,16H2,1-2H3,(H2,25,26,31)/t17-/m0/s1. The van der Waals surface area contributed by atoms with Gasteiger partial charge in [-0.2, -0.15) is 0 Å². The van der Waals surface area contributed by atoms with Gasteiger partial charge in [0.25, 0.3) is 0 Å². The van der Waals surface area contributed by atoms with Crippen molar-refractivity contribution in [3.05, 3.63) is 36.0 Å². The van der Waals surface area contributed by atoms with E-state index in [1.807, 2.05) is 26.0 Å². The van der Waals surface area contributed by atoms with Crippen molar-refractivity contribution in [2.24, 2.45) is 0 Å². The molecule has 1 atom stereocenters. The van der Waals surface area contributed by atoms with Crippen molar-refractivity contribution >= 4 is 27.4 Å². The number of morpholine rings is 1. The third kappa shape index (κ3) is 5.41. The lowest BCUT2D eigenvalue weighted by Gasteiger charge is -2.34. The number of aromatic nitrogens is 2. The smallest absolute Gasteiger partial charge is 0.319 e. The lowest BCUT2D eigenvalue weighted by atomic mass is 10.1. The third-order valence-electron chi connectivity index (χ3n) is 6.45. The summed E-state index contributed by atoms with van der Waals surface area (Å²) in [5.74, 6) is 1.03. The van der Waals surface area contributed by atoms with Crippen LogP contribution in [0, 0.1) is 0 Å². The number of ether oxygens (including phenoxy) is 1.